The Kier molecular flexibility index (Phi) is 4.94. The molecule has 0 heterocycles. The van der Waals surface area contributed by atoms with E-state index in [4.69, 9.17) is 11.6 Å². The molecule has 0 bridgehead atoms. The molecule has 0 unspecified atom stereocenters. The van der Waals surface area contributed by atoms with Gasteiger partial charge in [0, 0.05) is 18.7 Å². The van der Waals surface area contributed by atoms with Gasteiger partial charge in [-0.25, -0.2) is 4.39 Å². The van der Waals surface area contributed by atoms with Crippen LogP contribution in [0.2, 0.25) is 5.02 Å². The highest BCUT2D eigenvalue weighted by Crippen LogP contribution is 2.18. The summed E-state index contributed by atoms with van der Waals surface area (Å²) in [5, 5.41) is 3.44. The summed E-state index contributed by atoms with van der Waals surface area (Å²) in [7, 11) is 0. The van der Waals surface area contributed by atoms with Gasteiger partial charge >= 0.3 is 0 Å². The molecule has 2 aromatic rings. The molecule has 1 N–H and O–H groups in total. The highest BCUT2D eigenvalue weighted by Gasteiger charge is 2.06. The van der Waals surface area contributed by atoms with Gasteiger partial charge < -0.3 is 5.32 Å². The average Bonchev–Trinajstić information content (AvgIpc) is 2.44. The molecule has 3 heteroatoms. The Morgan fingerprint density at radius 2 is 1.58 bits per heavy atom. The standard InChI is InChI=1S/C16H17ClFN/c1-2-12-6-3-4-7-13(12)10-19-11-14-8-5-9-15(17)16(14)18/h3-9,19H,2,10-11H2,1H3. The maximum Gasteiger partial charge on any atom is 0.146 e. The Bertz CT molecular complexity index is 554. The Hall–Kier alpha value is -1.38. The Balaban J connectivity index is 1.98. The van der Waals surface area contributed by atoms with Crippen LogP contribution < -0.4 is 5.32 Å². The molecule has 2 aromatic carbocycles. The summed E-state index contributed by atoms with van der Waals surface area (Å²) in [6, 6.07) is 13.4. The molecule has 0 aromatic heterocycles. The molecule has 0 spiro atoms. The predicted molar refractivity (Wildman–Crippen MR) is 77.8 cm³/mol. The van der Waals surface area contributed by atoms with Crippen molar-refractivity contribution < 1.29 is 4.39 Å². The Morgan fingerprint density at radius 3 is 2.32 bits per heavy atom. The molecular formula is C16H17ClFN. The molecule has 0 radical (unpaired) electrons. The smallest absolute Gasteiger partial charge is 0.146 e. The van der Waals surface area contributed by atoms with E-state index in [1.165, 1.54) is 11.1 Å². The molecule has 0 atom stereocenters. The molecule has 1 nitrogen and oxygen atoms in total. The number of halogens is 2. The van der Waals surface area contributed by atoms with E-state index in [9.17, 15) is 4.39 Å². The Labute approximate surface area is 118 Å². The molecule has 0 aliphatic heterocycles. The van der Waals surface area contributed by atoms with Crippen LogP contribution in [0.3, 0.4) is 0 Å². The van der Waals surface area contributed by atoms with Crippen LogP contribution >= 0.6 is 11.6 Å². The molecule has 0 aliphatic rings. The van der Waals surface area contributed by atoms with Crippen molar-refractivity contribution in [1.29, 1.82) is 0 Å². The van der Waals surface area contributed by atoms with Gasteiger partial charge in [-0.05, 0) is 23.6 Å². The molecule has 0 aliphatic carbocycles. The van der Waals surface area contributed by atoms with Crippen molar-refractivity contribution in [2.45, 2.75) is 26.4 Å². The van der Waals surface area contributed by atoms with Crippen LogP contribution in [-0.2, 0) is 19.5 Å². The van der Waals surface area contributed by atoms with Crippen LogP contribution in [0.1, 0.15) is 23.6 Å². The van der Waals surface area contributed by atoms with Gasteiger partial charge in [-0.3, -0.25) is 0 Å². The SMILES string of the molecule is CCc1ccccc1CNCc1cccc(Cl)c1F. The summed E-state index contributed by atoms with van der Waals surface area (Å²) >= 11 is 5.75. The average molecular weight is 278 g/mol. The number of benzene rings is 2. The summed E-state index contributed by atoms with van der Waals surface area (Å²) in [5.74, 6) is -0.333. The minimum Gasteiger partial charge on any atom is -0.309 e. The summed E-state index contributed by atoms with van der Waals surface area (Å²) in [5.41, 5.74) is 3.18. The van der Waals surface area contributed by atoms with Crippen LogP contribution in [0.5, 0.6) is 0 Å². The van der Waals surface area contributed by atoms with Crippen molar-refractivity contribution in [3.05, 3.63) is 70.0 Å². The molecule has 0 saturated carbocycles. The largest absolute Gasteiger partial charge is 0.309 e. The maximum absolute atomic E-state index is 13.7. The topological polar surface area (TPSA) is 12.0 Å². The summed E-state index contributed by atoms with van der Waals surface area (Å²) in [6.07, 6.45) is 1.00. The number of nitrogens with one attached hydrogen (secondary N) is 1. The predicted octanol–water partition coefficient (Wildman–Crippen LogP) is 4.33. The molecular weight excluding hydrogens is 261 g/mol. The zero-order valence-corrected chi connectivity index (χ0v) is 11.7. The lowest BCUT2D eigenvalue weighted by Crippen LogP contribution is -2.15. The van der Waals surface area contributed by atoms with Crippen molar-refractivity contribution >= 4 is 11.6 Å². The number of rotatable bonds is 5. The van der Waals surface area contributed by atoms with Crippen LogP contribution in [-0.4, -0.2) is 0 Å². The molecule has 100 valence electrons. The molecule has 2 rings (SSSR count). The van der Waals surface area contributed by atoms with Gasteiger partial charge in [0.2, 0.25) is 0 Å². The second-order valence-corrected chi connectivity index (χ2v) is 4.85. The van der Waals surface area contributed by atoms with Crippen LogP contribution in [0, 0.1) is 5.82 Å². The monoisotopic (exact) mass is 277 g/mol. The first kappa shape index (κ1) is 14.0. The summed E-state index contributed by atoms with van der Waals surface area (Å²) in [6.45, 7) is 3.34. The van der Waals surface area contributed by atoms with E-state index >= 15 is 0 Å². The molecule has 19 heavy (non-hydrogen) atoms. The molecule has 0 saturated heterocycles. The zero-order chi connectivity index (χ0) is 13.7. The second-order valence-electron chi connectivity index (χ2n) is 4.44. The minimum absolute atomic E-state index is 0.174. The van der Waals surface area contributed by atoms with E-state index in [0.717, 1.165) is 13.0 Å². The fourth-order valence-electron chi connectivity index (χ4n) is 2.09. The van der Waals surface area contributed by atoms with Gasteiger partial charge in [0.15, 0.2) is 0 Å². The van der Waals surface area contributed by atoms with Gasteiger partial charge in [-0.15, -0.1) is 0 Å². The van der Waals surface area contributed by atoms with Crippen molar-refractivity contribution in [2.24, 2.45) is 0 Å². The Morgan fingerprint density at radius 1 is 0.947 bits per heavy atom. The number of aryl methyl sites for hydroxylation is 1. The third kappa shape index (κ3) is 3.55. The van der Waals surface area contributed by atoms with Crippen molar-refractivity contribution in [1.82, 2.24) is 5.32 Å². The summed E-state index contributed by atoms with van der Waals surface area (Å²) in [4.78, 5) is 0. The molecule has 0 fully saturated rings. The fraction of sp³-hybridized carbons (Fsp3) is 0.250. The van der Waals surface area contributed by atoms with Gasteiger partial charge in [0.25, 0.3) is 0 Å². The lowest BCUT2D eigenvalue weighted by atomic mass is 10.1. The maximum atomic E-state index is 13.7. The van der Waals surface area contributed by atoms with Crippen molar-refractivity contribution in [2.75, 3.05) is 0 Å². The van der Waals surface area contributed by atoms with E-state index in [2.05, 4.69) is 24.4 Å². The first-order valence-electron chi connectivity index (χ1n) is 6.42. The first-order chi connectivity index (χ1) is 9.22. The van der Waals surface area contributed by atoms with E-state index in [-0.39, 0.29) is 10.8 Å². The van der Waals surface area contributed by atoms with Crippen LogP contribution in [0.15, 0.2) is 42.5 Å². The van der Waals surface area contributed by atoms with E-state index < -0.39 is 0 Å². The van der Waals surface area contributed by atoms with Crippen LogP contribution in [0.4, 0.5) is 4.39 Å². The normalized spacial score (nSPS) is 10.7. The zero-order valence-electron chi connectivity index (χ0n) is 10.9. The third-order valence-corrected chi connectivity index (χ3v) is 3.45. The lowest BCUT2D eigenvalue weighted by Gasteiger charge is -2.10. The number of hydrogen-bond acceptors (Lipinski definition) is 1. The van der Waals surface area contributed by atoms with Crippen molar-refractivity contribution in [3.8, 4) is 0 Å². The van der Waals surface area contributed by atoms with Crippen molar-refractivity contribution in [3.63, 3.8) is 0 Å². The van der Waals surface area contributed by atoms with Gasteiger partial charge in [-0.1, -0.05) is 54.9 Å². The van der Waals surface area contributed by atoms with Gasteiger partial charge in [0.1, 0.15) is 5.82 Å². The highest BCUT2D eigenvalue weighted by molar-refractivity contribution is 6.30. The first-order valence-corrected chi connectivity index (χ1v) is 6.80. The summed E-state index contributed by atoms with van der Waals surface area (Å²) < 4.78 is 13.7. The van der Waals surface area contributed by atoms with E-state index in [0.29, 0.717) is 12.1 Å². The van der Waals surface area contributed by atoms with Gasteiger partial charge in [0.05, 0.1) is 5.02 Å². The third-order valence-electron chi connectivity index (χ3n) is 3.16. The van der Waals surface area contributed by atoms with E-state index in [1.54, 1.807) is 18.2 Å². The molecule has 0 amide bonds. The quantitative estimate of drug-likeness (QED) is 0.858. The lowest BCUT2D eigenvalue weighted by molar-refractivity contribution is 0.587. The van der Waals surface area contributed by atoms with Gasteiger partial charge in [-0.2, -0.15) is 0 Å². The minimum atomic E-state index is -0.333. The second kappa shape index (κ2) is 6.69. The fourth-order valence-corrected chi connectivity index (χ4v) is 2.29. The van der Waals surface area contributed by atoms with E-state index in [1.807, 2.05) is 12.1 Å². The number of hydrogen-bond donors (Lipinski definition) is 1. The van der Waals surface area contributed by atoms with Crippen LogP contribution in [0.25, 0.3) is 0 Å². The highest BCUT2D eigenvalue weighted by atomic mass is 35.5.